The molecule has 2 rings (SSSR count). The molecule has 1 aliphatic heterocycles. The molecular weight excluding hydrogens is 298 g/mol. The first-order valence-corrected chi connectivity index (χ1v) is 6.74. The smallest absolute Gasteiger partial charge is 0.404 e. The second-order valence-electron chi connectivity index (χ2n) is 4.54. The number of carbonyl (C=O) groups is 1. The molecule has 1 aromatic rings. The fourth-order valence-corrected chi connectivity index (χ4v) is 2.61. The number of aromatic nitrogens is 1. The highest BCUT2D eigenvalue weighted by Gasteiger charge is 2.27. The Morgan fingerprint density at radius 2 is 2.33 bits per heavy atom. The van der Waals surface area contributed by atoms with Gasteiger partial charge in [0.1, 0.15) is 10.4 Å². The molecule has 1 fully saturated rings. The van der Waals surface area contributed by atoms with Crippen molar-refractivity contribution in [2.24, 2.45) is 0 Å². The lowest BCUT2D eigenvalue weighted by Gasteiger charge is -2.38. The van der Waals surface area contributed by atoms with Crippen molar-refractivity contribution < 1.29 is 9.90 Å². The van der Waals surface area contributed by atoms with Crippen molar-refractivity contribution in [2.75, 3.05) is 11.4 Å². The fourth-order valence-electron chi connectivity index (χ4n) is 2.28. The number of pyridine rings is 1. The van der Waals surface area contributed by atoms with E-state index in [4.69, 9.17) is 5.11 Å². The molecule has 1 amide bonds. The Hall–Kier alpha value is -1.30. The lowest BCUT2D eigenvalue weighted by Crippen LogP contribution is -2.51. The van der Waals surface area contributed by atoms with Gasteiger partial charge in [-0.3, -0.25) is 0 Å². The van der Waals surface area contributed by atoms with E-state index in [2.05, 4.69) is 38.1 Å². The Labute approximate surface area is 114 Å². The van der Waals surface area contributed by atoms with Crippen LogP contribution >= 0.6 is 15.9 Å². The van der Waals surface area contributed by atoms with E-state index in [9.17, 15) is 4.79 Å². The van der Waals surface area contributed by atoms with E-state index in [0.717, 1.165) is 23.3 Å². The van der Waals surface area contributed by atoms with Crippen molar-refractivity contribution in [3.05, 3.63) is 22.8 Å². The van der Waals surface area contributed by atoms with Crippen molar-refractivity contribution in [1.29, 1.82) is 0 Å². The van der Waals surface area contributed by atoms with Gasteiger partial charge in [0.15, 0.2) is 0 Å². The summed E-state index contributed by atoms with van der Waals surface area (Å²) in [5.74, 6) is 0.883. The zero-order valence-corrected chi connectivity index (χ0v) is 11.7. The molecule has 0 bridgehead atoms. The normalized spacial score (nSPS) is 23.8. The highest BCUT2D eigenvalue weighted by atomic mass is 79.9. The van der Waals surface area contributed by atoms with Gasteiger partial charge in [-0.25, -0.2) is 9.78 Å². The van der Waals surface area contributed by atoms with E-state index in [1.54, 1.807) is 0 Å². The number of hydrogen-bond acceptors (Lipinski definition) is 3. The molecule has 1 aromatic heterocycles. The van der Waals surface area contributed by atoms with Gasteiger partial charge in [-0.2, -0.15) is 0 Å². The Morgan fingerprint density at radius 3 is 3.00 bits per heavy atom. The van der Waals surface area contributed by atoms with Crippen LogP contribution in [0.1, 0.15) is 19.8 Å². The number of hydrogen-bond donors (Lipinski definition) is 2. The number of nitrogens with one attached hydrogen (secondary N) is 1. The SMILES string of the molecule is CC1CCC(NC(=O)O)CN1c1cccc(Br)n1. The second-order valence-corrected chi connectivity index (χ2v) is 5.36. The Balaban J connectivity index is 2.12. The molecule has 2 unspecified atom stereocenters. The molecular formula is C12H16BrN3O2. The largest absolute Gasteiger partial charge is 0.465 e. The fraction of sp³-hybridized carbons (Fsp3) is 0.500. The summed E-state index contributed by atoms with van der Waals surface area (Å²) in [7, 11) is 0. The number of nitrogens with zero attached hydrogens (tertiary/aromatic N) is 2. The number of rotatable bonds is 2. The third-order valence-corrected chi connectivity index (χ3v) is 3.65. The van der Waals surface area contributed by atoms with Gasteiger partial charge in [-0.05, 0) is 47.8 Å². The van der Waals surface area contributed by atoms with Crippen LogP contribution < -0.4 is 10.2 Å². The third kappa shape index (κ3) is 3.13. The van der Waals surface area contributed by atoms with E-state index < -0.39 is 6.09 Å². The van der Waals surface area contributed by atoms with Crippen LogP contribution in [0.2, 0.25) is 0 Å². The first kappa shape index (κ1) is 13.1. The molecule has 0 aliphatic carbocycles. The van der Waals surface area contributed by atoms with Gasteiger partial charge in [0.2, 0.25) is 0 Å². The second kappa shape index (κ2) is 5.56. The van der Waals surface area contributed by atoms with Crippen LogP contribution in [0.15, 0.2) is 22.8 Å². The summed E-state index contributed by atoms with van der Waals surface area (Å²) in [4.78, 5) is 17.3. The number of piperidine rings is 1. The van der Waals surface area contributed by atoms with E-state index in [1.807, 2.05) is 18.2 Å². The van der Waals surface area contributed by atoms with E-state index in [-0.39, 0.29) is 6.04 Å². The summed E-state index contributed by atoms with van der Waals surface area (Å²) in [6.07, 6.45) is 0.869. The molecule has 18 heavy (non-hydrogen) atoms. The highest BCUT2D eigenvalue weighted by molar-refractivity contribution is 9.10. The summed E-state index contributed by atoms with van der Waals surface area (Å²) in [5, 5.41) is 11.3. The van der Waals surface area contributed by atoms with Crippen LogP contribution in [0.5, 0.6) is 0 Å². The zero-order valence-electron chi connectivity index (χ0n) is 10.1. The number of anilines is 1. The first-order valence-electron chi connectivity index (χ1n) is 5.95. The zero-order chi connectivity index (χ0) is 13.1. The van der Waals surface area contributed by atoms with Crippen molar-refractivity contribution in [3.8, 4) is 0 Å². The first-order chi connectivity index (χ1) is 8.56. The highest BCUT2D eigenvalue weighted by Crippen LogP contribution is 2.24. The Kier molecular flexibility index (Phi) is 4.06. The Bertz CT molecular complexity index is 441. The van der Waals surface area contributed by atoms with Gasteiger partial charge in [0.05, 0.1) is 0 Å². The molecule has 1 saturated heterocycles. The molecule has 0 saturated carbocycles. The van der Waals surface area contributed by atoms with Crippen molar-refractivity contribution >= 4 is 27.8 Å². The maximum Gasteiger partial charge on any atom is 0.404 e. The molecule has 5 nitrogen and oxygen atoms in total. The minimum Gasteiger partial charge on any atom is -0.465 e. The van der Waals surface area contributed by atoms with E-state index in [0.29, 0.717) is 12.6 Å². The molecule has 2 heterocycles. The lowest BCUT2D eigenvalue weighted by atomic mass is 9.99. The Morgan fingerprint density at radius 1 is 1.56 bits per heavy atom. The molecule has 2 atom stereocenters. The summed E-state index contributed by atoms with van der Waals surface area (Å²) >= 11 is 3.36. The number of amides is 1. The quantitative estimate of drug-likeness (QED) is 0.823. The van der Waals surface area contributed by atoms with Crippen molar-refractivity contribution in [3.63, 3.8) is 0 Å². The molecule has 1 aliphatic rings. The van der Waals surface area contributed by atoms with Crippen molar-refractivity contribution in [1.82, 2.24) is 10.3 Å². The number of halogens is 1. The van der Waals surface area contributed by atoms with Gasteiger partial charge < -0.3 is 15.3 Å². The minimum absolute atomic E-state index is 0.0283. The van der Waals surface area contributed by atoms with Gasteiger partial charge in [0.25, 0.3) is 0 Å². The van der Waals surface area contributed by atoms with E-state index in [1.165, 1.54) is 0 Å². The number of carboxylic acid groups (broad SMARTS) is 1. The predicted octanol–water partition coefficient (Wildman–Crippen LogP) is 2.47. The maximum atomic E-state index is 10.7. The van der Waals surface area contributed by atoms with Crippen LogP contribution in [0, 0.1) is 0 Å². The predicted molar refractivity (Wildman–Crippen MR) is 72.9 cm³/mol. The van der Waals surface area contributed by atoms with Gasteiger partial charge in [0, 0.05) is 18.6 Å². The molecule has 2 N–H and O–H groups in total. The van der Waals surface area contributed by atoms with Crippen LogP contribution in [-0.2, 0) is 0 Å². The third-order valence-electron chi connectivity index (χ3n) is 3.20. The summed E-state index contributed by atoms with van der Waals surface area (Å²) < 4.78 is 0.792. The van der Waals surface area contributed by atoms with Crippen LogP contribution in [0.4, 0.5) is 10.6 Å². The van der Waals surface area contributed by atoms with Crippen LogP contribution in [0.3, 0.4) is 0 Å². The van der Waals surface area contributed by atoms with Crippen molar-refractivity contribution in [2.45, 2.75) is 31.8 Å². The van der Waals surface area contributed by atoms with Gasteiger partial charge in [-0.1, -0.05) is 6.07 Å². The minimum atomic E-state index is -0.961. The van der Waals surface area contributed by atoms with Gasteiger partial charge in [-0.15, -0.1) is 0 Å². The monoisotopic (exact) mass is 313 g/mol. The van der Waals surface area contributed by atoms with Gasteiger partial charge >= 0.3 is 6.09 Å². The average Bonchev–Trinajstić information content (AvgIpc) is 2.31. The topological polar surface area (TPSA) is 65.5 Å². The summed E-state index contributed by atoms with van der Waals surface area (Å²) in [6, 6.07) is 6.11. The molecule has 0 spiro atoms. The summed E-state index contributed by atoms with van der Waals surface area (Å²) in [5.41, 5.74) is 0. The maximum absolute atomic E-state index is 10.7. The molecule has 0 radical (unpaired) electrons. The molecule has 0 aromatic carbocycles. The average molecular weight is 314 g/mol. The standard InChI is InChI=1S/C12H16BrN3O2/c1-8-5-6-9(14-12(17)18)7-16(8)11-4-2-3-10(13)15-11/h2-4,8-9,14H,5-7H2,1H3,(H,17,18). The molecule has 6 heteroatoms. The van der Waals surface area contributed by atoms with Crippen LogP contribution in [-0.4, -0.2) is 34.8 Å². The van der Waals surface area contributed by atoms with Crippen LogP contribution in [0.25, 0.3) is 0 Å². The lowest BCUT2D eigenvalue weighted by molar-refractivity contribution is 0.187. The van der Waals surface area contributed by atoms with E-state index >= 15 is 0 Å². The summed E-state index contributed by atoms with van der Waals surface area (Å²) in [6.45, 7) is 2.80. The molecule has 98 valence electrons.